The van der Waals surface area contributed by atoms with Crippen LogP contribution in [0.15, 0.2) is 18.2 Å². The van der Waals surface area contributed by atoms with Crippen LogP contribution < -0.4 is 10.5 Å². The van der Waals surface area contributed by atoms with E-state index in [-0.39, 0.29) is 42.1 Å². The van der Waals surface area contributed by atoms with Crippen molar-refractivity contribution in [2.75, 3.05) is 19.8 Å². The van der Waals surface area contributed by atoms with Crippen LogP contribution in [0.25, 0.3) is 10.9 Å². The quantitative estimate of drug-likeness (QED) is 0.856. The molecule has 23 heavy (non-hydrogen) atoms. The SMILES string of the molecule is CCOC(=O)c1cc2c(C(F)(F)F)ccc(OCCN)c2n1C. The summed E-state index contributed by atoms with van der Waals surface area (Å²) in [6, 6.07) is 3.34. The first-order valence-electron chi connectivity index (χ1n) is 7.00. The second kappa shape index (κ2) is 6.49. The van der Waals surface area contributed by atoms with Crippen LogP contribution in [0.5, 0.6) is 5.75 Å². The van der Waals surface area contributed by atoms with Gasteiger partial charge in [-0.05, 0) is 25.1 Å². The van der Waals surface area contributed by atoms with Gasteiger partial charge < -0.3 is 19.8 Å². The molecule has 0 bridgehead atoms. The second-order valence-corrected chi connectivity index (χ2v) is 4.82. The topological polar surface area (TPSA) is 66.5 Å². The van der Waals surface area contributed by atoms with Gasteiger partial charge in [0.25, 0.3) is 0 Å². The van der Waals surface area contributed by atoms with Gasteiger partial charge in [0.05, 0.1) is 17.7 Å². The summed E-state index contributed by atoms with van der Waals surface area (Å²) < 4.78 is 51.2. The molecule has 1 heterocycles. The Hall–Kier alpha value is -2.22. The number of carbonyl (C=O) groups excluding carboxylic acids is 1. The van der Waals surface area contributed by atoms with Crippen molar-refractivity contribution < 1.29 is 27.4 Å². The van der Waals surface area contributed by atoms with Gasteiger partial charge in [-0.25, -0.2) is 4.79 Å². The highest BCUT2D eigenvalue weighted by Crippen LogP contribution is 2.39. The summed E-state index contributed by atoms with van der Waals surface area (Å²) in [7, 11) is 1.49. The highest BCUT2D eigenvalue weighted by atomic mass is 19.4. The molecule has 0 spiro atoms. The molecule has 8 heteroatoms. The molecule has 0 amide bonds. The fourth-order valence-corrected chi connectivity index (χ4v) is 2.37. The van der Waals surface area contributed by atoms with Gasteiger partial charge in [0.15, 0.2) is 0 Å². The molecule has 126 valence electrons. The molecule has 0 fully saturated rings. The van der Waals surface area contributed by atoms with E-state index in [9.17, 15) is 18.0 Å². The number of fused-ring (bicyclic) bond motifs is 1. The van der Waals surface area contributed by atoms with Crippen LogP contribution in [0.2, 0.25) is 0 Å². The number of ether oxygens (including phenoxy) is 2. The third kappa shape index (κ3) is 3.26. The van der Waals surface area contributed by atoms with Crippen molar-refractivity contribution in [1.82, 2.24) is 4.57 Å². The van der Waals surface area contributed by atoms with Crippen molar-refractivity contribution in [3.05, 3.63) is 29.5 Å². The van der Waals surface area contributed by atoms with Crippen molar-refractivity contribution in [3.8, 4) is 5.75 Å². The molecule has 5 nitrogen and oxygen atoms in total. The predicted molar refractivity (Wildman–Crippen MR) is 78.4 cm³/mol. The Kier molecular flexibility index (Phi) is 4.84. The van der Waals surface area contributed by atoms with Crippen LogP contribution in [0.1, 0.15) is 23.0 Å². The van der Waals surface area contributed by atoms with E-state index < -0.39 is 17.7 Å². The van der Waals surface area contributed by atoms with E-state index in [1.165, 1.54) is 23.7 Å². The van der Waals surface area contributed by atoms with E-state index in [1.807, 2.05) is 0 Å². The molecule has 1 aromatic carbocycles. The molecular formula is C15H17F3N2O3. The lowest BCUT2D eigenvalue weighted by molar-refractivity contribution is -0.136. The molecular weight excluding hydrogens is 313 g/mol. The summed E-state index contributed by atoms with van der Waals surface area (Å²) in [4.78, 5) is 11.9. The number of hydrogen-bond acceptors (Lipinski definition) is 4. The Balaban J connectivity index is 2.70. The molecule has 2 aromatic rings. The first-order valence-corrected chi connectivity index (χ1v) is 7.00. The number of alkyl halides is 3. The number of esters is 1. The molecule has 0 aliphatic heterocycles. The van der Waals surface area contributed by atoms with Crippen LogP contribution in [0.3, 0.4) is 0 Å². The smallest absolute Gasteiger partial charge is 0.417 e. The number of aryl methyl sites for hydroxylation is 1. The third-order valence-corrected chi connectivity index (χ3v) is 3.32. The molecule has 0 saturated carbocycles. The predicted octanol–water partition coefficient (Wildman–Crippen LogP) is 2.71. The van der Waals surface area contributed by atoms with Gasteiger partial charge in [-0.3, -0.25) is 0 Å². The molecule has 2 N–H and O–H groups in total. The number of halogens is 3. The van der Waals surface area contributed by atoms with Crippen molar-refractivity contribution in [3.63, 3.8) is 0 Å². The number of benzene rings is 1. The zero-order valence-electron chi connectivity index (χ0n) is 12.7. The maximum atomic E-state index is 13.2. The Morgan fingerprint density at radius 2 is 2.04 bits per heavy atom. The lowest BCUT2D eigenvalue weighted by atomic mass is 10.1. The standard InChI is InChI=1S/C15H17F3N2O3/c1-3-22-14(21)11-8-9-10(15(16,17)18)4-5-12(23-7-6-19)13(9)20(11)2/h4-5,8H,3,6-7,19H2,1-2H3. The molecule has 0 unspecified atom stereocenters. The zero-order valence-corrected chi connectivity index (χ0v) is 12.7. The largest absolute Gasteiger partial charge is 0.490 e. The van der Waals surface area contributed by atoms with Gasteiger partial charge >= 0.3 is 12.1 Å². The summed E-state index contributed by atoms with van der Waals surface area (Å²) in [5.41, 5.74) is 4.73. The van der Waals surface area contributed by atoms with E-state index >= 15 is 0 Å². The number of nitrogens with two attached hydrogens (primary N) is 1. The summed E-state index contributed by atoms with van der Waals surface area (Å²) >= 11 is 0. The minimum Gasteiger partial charge on any atom is -0.490 e. The fraction of sp³-hybridized carbons (Fsp3) is 0.400. The van der Waals surface area contributed by atoms with Gasteiger partial charge in [-0.15, -0.1) is 0 Å². The van der Waals surface area contributed by atoms with E-state index in [1.54, 1.807) is 6.92 Å². The maximum absolute atomic E-state index is 13.2. The van der Waals surface area contributed by atoms with Crippen LogP contribution >= 0.6 is 0 Å². The number of carbonyl (C=O) groups is 1. The van der Waals surface area contributed by atoms with Crippen molar-refractivity contribution in [1.29, 1.82) is 0 Å². The Labute approximate surface area is 130 Å². The first-order chi connectivity index (χ1) is 10.8. The second-order valence-electron chi connectivity index (χ2n) is 4.82. The monoisotopic (exact) mass is 330 g/mol. The number of aromatic nitrogens is 1. The summed E-state index contributed by atoms with van der Waals surface area (Å²) in [6.45, 7) is 2.12. The Morgan fingerprint density at radius 3 is 2.61 bits per heavy atom. The van der Waals surface area contributed by atoms with Crippen molar-refractivity contribution >= 4 is 16.9 Å². The van der Waals surface area contributed by atoms with Crippen LogP contribution in [0, 0.1) is 0 Å². The van der Waals surface area contributed by atoms with Crippen LogP contribution in [-0.2, 0) is 18.0 Å². The van der Waals surface area contributed by atoms with Gasteiger partial charge in [0.1, 0.15) is 18.1 Å². The van der Waals surface area contributed by atoms with Gasteiger partial charge in [0.2, 0.25) is 0 Å². The normalized spacial score (nSPS) is 11.7. The van der Waals surface area contributed by atoms with E-state index in [0.29, 0.717) is 0 Å². The summed E-state index contributed by atoms with van der Waals surface area (Å²) in [6.07, 6.45) is -4.54. The molecule has 0 saturated heterocycles. The highest BCUT2D eigenvalue weighted by Gasteiger charge is 2.34. The average Bonchev–Trinajstić information content (AvgIpc) is 2.82. The van der Waals surface area contributed by atoms with Crippen LogP contribution in [-0.4, -0.2) is 30.3 Å². The van der Waals surface area contributed by atoms with E-state index in [2.05, 4.69) is 0 Å². The number of rotatable bonds is 5. The lowest BCUT2D eigenvalue weighted by Crippen LogP contribution is -2.13. The summed E-state index contributed by atoms with van der Waals surface area (Å²) in [5.74, 6) is -0.458. The minimum atomic E-state index is -4.54. The van der Waals surface area contributed by atoms with E-state index in [4.69, 9.17) is 15.2 Å². The van der Waals surface area contributed by atoms with Crippen molar-refractivity contribution in [2.24, 2.45) is 12.8 Å². The minimum absolute atomic E-state index is 0.0242. The highest BCUT2D eigenvalue weighted by molar-refractivity contribution is 5.99. The third-order valence-electron chi connectivity index (χ3n) is 3.32. The van der Waals surface area contributed by atoms with Gasteiger partial charge in [-0.2, -0.15) is 13.2 Å². The Bertz CT molecular complexity index is 723. The average molecular weight is 330 g/mol. The van der Waals surface area contributed by atoms with Crippen molar-refractivity contribution in [2.45, 2.75) is 13.1 Å². The number of hydrogen-bond donors (Lipinski definition) is 1. The fourth-order valence-electron chi connectivity index (χ4n) is 2.37. The lowest BCUT2D eigenvalue weighted by Gasteiger charge is -2.13. The van der Waals surface area contributed by atoms with E-state index in [0.717, 1.165) is 6.07 Å². The zero-order chi connectivity index (χ0) is 17.2. The molecule has 1 aromatic heterocycles. The molecule has 0 aliphatic rings. The molecule has 0 aliphatic carbocycles. The summed E-state index contributed by atoms with van der Waals surface area (Å²) in [5, 5.41) is -0.113. The van der Waals surface area contributed by atoms with Gasteiger partial charge in [0, 0.05) is 19.0 Å². The molecule has 2 rings (SSSR count). The number of nitrogens with zero attached hydrogens (tertiary/aromatic N) is 1. The van der Waals surface area contributed by atoms with Crippen LogP contribution in [0.4, 0.5) is 13.2 Å². The molecule has 0 atom stereocenters. The first kappa shape index (κ1) is 17.1. The maximum Gasteiger partial charge on any atom is 0.417 e. The molecule has 0 radical (unpaired) electrons. The van der Waals surface area contributed by atoms with Gasteiger partial charge in [-0.1, -0.05) is 0 Å². The Morgan fingerprint density at radius 1 is 1.35 bits per heavy atom.